The van der Waals surface area contributed by atoms with Crippen molar-refractivity contribution in [3.8, 4) is 5.75 Å². The largest absolute Gasteiger partial charge is 0.497 e. The van der Waals surface area contributed by atoms with E-state index in [9.17, 15) is 18.0 Å². The fourth-order valence-corrected chi connectivity index (χ4v) is 4.05. The van der Waals surface area contributed by atoms with Gasteiger partial charge in [-0.05, 0) is 55.8 Å². The summed E-state index contributed by atoms with van der Waals surface area (Å²) in [6, 6.07) is 10.1. The lowest BCUT2D eigenvalue weighted by molar-refractivity contribution is -0.116. The summed E-state index contributed by atoms with van der Waals surface area (Å²) < 4.78 is 35.6. The van der Waals surface area contributed by atoms with E-state index in [4.69, 9.17) is 9.47 Å². The summed E-state index contributed by atoms with van der Waals surface area (Å²) >= 11 is 0. The minimum Gasteiger partial charge on any atom is -0.497 e. The molecule has 156 valence electrons. The van der Waals surface area contributed by atoms with Crippen molar-refractivity contribution in [3.63, 3.8) is 0 Å². The van der Waals surface area contributed by atoms with E-state index in [1.54, 1.807) is 49.4 Å². The number of carbonyl (C=O) groups excluding carboxylic acids is 2. The molecular weight excluding hydrogens is 396 g/mol. The summed E-state index contributed by atoms with van der Waals surface area (Å²) in [5, 5.41) is 2.70. The first-order valence-electron chi connectivity index (χ1n) is 8.72. The van der Waals surface area contributed by atoms with Crippen LogP contribution >= 0.6 is 0 Å². The summed E-state index contributed by atoms with van der Waals surface area (Å²) in [4.78, 5) is 24.7. The Morgan fingerprint density at radius 1 is 1.07 bits per heavy atom. The van der Waals surface area contributed by atoms with Crippen molar-refractivity contribution in [2.45, 2.75) is 19.9 Å². The van der Waals surface area contributed by atoms with Crippen LogP contribution in [0, 0.1) is 6.92 Å². The van der Waals surface area contributed by atoms with E-state index in [1.807, 2.05) is 0 Å². The number of anilines is 2. The van der Waals surface area contributed by atoms with Gasteiger partial charge in [0.1, 0.15) is 11.8 Å². The molecule has 0 aliphatic carbocycles. The molecule has 0 aliphatic rings. The number of hydrogen-bond acceptors (Lipinski definition) is 6. The molecule has 1 N–H and O–H groups in total. The average molecular weight is 420 g/mol. The van der Waals surface area contributed by atoms with Crippen molar-refractivity contribution in [1.29, 1.82) is 0 Å². The molecule has 2 aromatic carbocycles. The third kappa shape index (κ3) is 5.05. The Labute approximate surface area is 170 Å². The van der Waals surface area contributed by atoms with Crippen molar-refractivity contribution in [1.82, 2.24) is 0 Å². The number of amides is 1. The highest BCUT2D eigenvalue weighted by atomic mass is 32.2. The Morgan fingerprint density at radius 3 is 2.21 bits per heavy atom. The van der Waals surface area contributed by atoms with E-state index in [0.717, 1.165) is 10.6 Å². The topological polar surface area (TPSA) is 102 Å². The van der Waals surface area contributed by atoms with Crippen LogP contribution in [0.4, 0.5) is 11.4 Å². The van der Waals surface area contributed by atoms with Gasteiger partial charge < -0.3 is 14.8 Å². The van der Waals surface area contributed by atoms with Crippen LogP contribution in [0.2, 0.25) is 0 Å². The molecular formula is C20H24N2O6S. The molecule has 1 amide bonds. The second kappa shape index (κ2) is 8.95. The number of nitrogens with zero attached hydrogens (tertiary/aromatic N) is 1. The number of methoxy groups -OCH3 is 2. The van der Waals surface area contributed by atoms with E-state index in [1.165, 1.54) is 21.1 Å². The van der Waals surface area contributed by atoms with Gasteiger partial charge in [0, 0.05) is 5.69 Å². The van der Waals surface area contributed by atoms with Crippen LogP contribution in [0.15, 0.2) is 42.5 Å². The predicted octanol–water partition coefficient (Wildman–Crippen LogP) is 2.58. The highest BCUT2D eigenvalue weighted by Crippen LogP contribution is 2.25. The van der Waals surface area contributed by atoms with Gasteiger partial charge in [-0.1, -0.05) is 6.07 Å². The zero-order chi connectivity index (χ0) is 21.8. The zero-order valence-corrected chi connectivity index (χ0v) is 17.7. The molecule has 0 unspecified atom stereocenters. The highest BCUT2D eigenvalue weighted by Gasteiger charge is 2.29. The normalized spacial score (nSPS) is 12.0. The molecule has 0 heterocycles. The Kier molecular flexibility index (Phi) is 6.86. The second-order valence-corrected chi connectivity index (χ2v) is 8.25. The molecule has 29 heavy (non-hydrogen) atoms. The summed E-state index contributed by atoms with van der Waals surface area (Å²) in [5.74, 6) is -0.506. The van der Waals surface area contributed by atoms with Crippen LogP contribution in [0.5, 0.6) is 5.75 Å². The molecule has 0 aromatic heterocycles. The smallest absolute Gasteiger partial charge is 0.338 e. The Hall–Kier alpha value is -3.07. The molecule has 2 aromatic rings. The van der Waals surface area contributed by atoms with E-state index < -0.39 is 27.9 Å². The van der Waals surface area contributed by atoms with Crippen molar-refractivity contribution in [2.24, 2.45) is 0 Å². The van der Waals surface area contributed by atoms with E-state index in [-0.39, 0.29) is 0 Å². The summed E-state index contributed by atoms with van der Waals surface area (Å²) in [7, 11) is -0.976. The summed E-state index contributed by atoms with van der Waals surface area (Å²) in [5.41, 5.74) is 1.56. The lowest BCUT2D eigenvalue weighted by Crippen LogP contribution is -2.45. The molecule has 0 spiro atoms. The van der Waals surface area contributed by atoms with Gasteiger partial charge >= 0.3 is 5.97 Å². The number of ether oxygens (including phenoxy) is 2. The standard InChI is InChI=1S/C20H24N2O6S/c1-13-17(20(24)28-4)7-6-8-18(13)21-19(23)14(2)22(29(5,25)26)15-9-11-16(27-3)12-10-15/h6-12,14H,1-5H3,(H,21,23)/t14-/m0/s1. The van der Waals surface area contributed by atoms with Crippen LogP contribution in [0.1, 0.15) is 22.8 Å². The maximum Gasteiger partial charge on any atom is 0.338 e. The third-order valence-electron chi connectivity index (χ3n) is 4.41. The van der Waals surface area contributed by atoms with Gasteiger partial charge in [-0.25, -0.2) is 13.2 Å². The van der Waals surface area contributed by atoms with E-state index >= 15 is 0 Å². The first-order chi connectivity index (χ1) is 13.6. The van der Waals surface area contributed by atoms with Crippen molar-refractivity contribution >= 4 is 33.3 Å². The molecule has 1 atom stereocenters. The molecule has 8 nitrogen and oxygen atoms in total. The predicted molar refractivity (Wildman–Crippen MR) is 111 cm³/mol. The van der Waals surface area contributed by atoms with Crippen molar-refractivity contribution in [3.05, 3.63) is 53.6 Å². The quantitative estimate of drug-likeness (QED) is 0.691. The lowest BCUT2D eigenvalue weighted by Gasteiger charge is -2.28. The van der Waals surface area contributed by atoms with Gasteiger partial charge in [-0.15, -0.1) is 0 Å². The molecule has 0 fully saturated rings. The second-order valence-electron chi connectivity index (χ2n) is 6.39. The number of rotatable bonds is 7. The van der Waals surface area contributed by atoms with Crippen molar-refractivity contribution < 1.29 is 27.5 Å². The van der Waals surface area contributed by atoms with Crippen LogP contribution in [0.3, 0.4) is 0 Å². The lowest BCUT2D eigenvalue weighted by atomic mass is 10.1. The first kappa shape index (κ1) is 22.2. The summed E-state index contributed by atoms with van der Waals surface area (Å²) in [6.07, 6.45) is 1.03. The number of esters is 1. The molecule has 0 saturated carbocycles. The van der Waals surface area contributed by atoms with Gasteiger partial charge in [-0.3, -0.25) is 9.10 Å². The fourth-order valence-electron chi connectivity index (χ4n) is 2.88. The zero-order valence-electron chi connectivity index (χ0n) is 16.9. The van der Waals surface area contributed by atoms with Gasteiger partial charge in [0.15, 0.2) is 0 Å². The maximum absolute atomic E-state index is 12.8. The molecule has 0 aliphatic heterocycles. The maximum atomic E-state index is 12.8. The van der Waals surface area contributed by atoms with Crippen LogP contribution < -0.4 is 14.4 Å². The average Bonchev–Trinajstić information content (AvgIpc) is 2.68. The monoisotopic (exact) mass is 420 g/mol. The first-order valence-corrected chi connectivity index (χ1v) is 10.6. The summed E-state index contributed by atoms with van der Waals surface area (Å²) in [6.45, 7) is 3.16. The Bertz CT molecular complexity index is 1000. The van der Waals surface area contributed by atoms with Gasteiger partial charge in [-0.2, -0.15) is 0 Å². The fraction of sp³-hybridized carbons (Fsp3) is 0.300. The minimum atomic E-state index is -3.75. The number of sulfonamides is 1. The molecule has 0 bridgehead atoms. The number of carbonyl (C=O) groups is 2. The Balaban J connectivity index is 2.34. The SMILES string of the molecule is COC(=O)c1cccc(NC(=O)[C@H](C)N(c2ccc(OC)cc2)S(C)(=O)=O)c1C. The number of nitrogens with one attached hydrogen (secondary N) is 1. The van der Waals surface area contributed by atoms with Crippen LogP contribution in [-0.4, -0.2) is 46.8 Å². The van der Waals surface area contributed by atoms with Gasteiger partial charge in [0.2, 0.25) is 15.9 Å². The molecule has 0 saturated heterocycles. The van der Waals surface area contributed by atoms with Crippen LogP contribution in [0.25, 0.3) is 0 Å². The number of benzene rings is 2. The minimum absolute atomic E-state index is 0.313. The van der Waals surface area contributed by atoms with Gasteiger partial charge in [0.05, 0.1) is 31.7 Å². The van der Waals surface area contributed by atoms with Crippen molar-refractivity contribution in [2.75, 3.05) is 30.1 Å². The highest BCUT2D eigenvalue weighted by molar-refractivity contribution is 7.92. The van der Waals surface area contributed by atoms with Gasteiger partial charge in [0.25, 0.3) is 0 Å². The van der Waals surface area contributed by atoms with E-state index in [0.29, 0.717) is 28.3 Å². The van der Waals surface area contributed by atoms with E-state index in [2.05, 4.69) is 5.32 Å². The third-order valence-corrected chi connectivity index (χ3v) is 5.65. The molecule has 9 heteroatoms. The molecule has 0 radical (unpaired) electrons. The Morgan fingerprint density at radius 2 is 1.69 bits per heavy atom. The van der Waals surface area contributed by atoms with Crippen LogP contribution in [-0.2, 0) is 19.6 Å². The number of hydrogen-bond donors (Lipinski definition) is 1. The molecule has 2 rings (SSSR count).